The molecule has 0 bridgehead atoms. The molecule has 168 valence electrons. The van der Waals surface area contributed by atoms with Crippen LogP contribution in [0.25, 0.3) is 22.5 Å². The van der Waals surface area contributed by atoms with Gasteiger partial charge in [0.25, 0.3) is 5.91 Å². The molecule has 0 saturated carbocycles. The standard InChI is InChI=1S/C22H22N8O3/c1-29-9-7-22(32,20(29)31)18-11-16(28-33-18)14-5-3-4-13(10-14)15-6-8-24-21(25-15)26-17-12-30(2)27-19(17)23/h3-6,8,10-12,32H,7,9H2,1-2H3,(H2,23,27)(H,24,25,26)/t22-/m1/s1. The highest BCUT2D eigenvalue weighted by Gasteiger charge is 2.48. The third-order valence-electron chi connectivity index (χ3n) is 5.64. The number of nitrogens with one attached hydrogen (secondary N) is 1. The lowest BCUT2D eigenvalue weighted by Gasteiger charge is -2.16. The Morgan fingerprint density at radius 2 is 1.97 bits per heavy atom. The van der Waals surface area contributed by atoms with Crippen molar-refractivity contribution in [2.24, 2.45) is 7.05 Å². The van der Waals surface area contributed by atoms with Crippen molar-refractivity contribution in [2.45, 2.75) is 12.0 Å². The van der Waals surface area contributed by atoms with Crippen LogP contribution in [0.4, 0.5) is 17.5 Å². The first-order valence-corrected chi connectivity index (χ1v) is 10.3. The van der Waals surface area contributed by atoms with Gasteiger partial charge in [0.2, 0.25) is 11.5 Å². The van der Waals surface area contributed by atoms with Gasteiger partial charge in [-0.25, -0.2) is 9.97 Å². The van der Waals surface area contributed by atoms with Crippen molar-refractivity contribution in [1.82, 2.24) is 29.8 Å². The van der Waals surface area contributed by atoms with Crippen molar-refractivity contribution < 1.29 is 14.4 Å². The minimum atomic E-state index is -1.68. The number of anilines is 3. The third kappa shape index (κ3) is 3.68. The molecule has 1 amide bonds. The van der Waals surface area contributed by atoms with E-state index in [4.69, 9.17) is 10.3 Å². The van der Waals surface area contributed by atoms with E-state index in [1.54, 1.807) is 43.3 Å². The predicted molar refractivity (Wildman–Crippen MR) is 120 cm³/mol. The Morgan fingerprint density at radius 1 is 1.18 bits per heavy atom. The molecule has 1 fully saturated rings. The van der Waals surface area contributed by atoms with Crippen LogP contribution in [-0.4, -0.2) is 54.4 Å². The van der Waals surface area contributed by atoms with Crippen LogP contribution in [0.1, 0.15) is 12.2 Å². The fraction of sp³-hybridized carbons (Fsp3) is 0.227. The summed E-state index contributed by atoms with van der Waals surface area (Å²) >= 11 is 0. The number of carbonyl (C=O) groups excluding carboxylic acids is 1. The Bertz CT molecular complexity index is 1350. The zero-order valence-corrected chi connectivity index (χ0v) is 18.1. The fourth-order valence-electron chi connectivity index (χ4n) is 3.83. The Morgan fingerprint density at radius 3 is 2.67 bits per heavy atom. The van der Waals surface area contributed by atoms with Crippen molar-refractivity contribution in [3.8, 4) is 22.5 Å². The minimum absolute atomic E-state index is 0.139. The van der Waals surface area contributed by atoms with E-state index in [1.807, 2.05) is 24.3 Å². The Hall–Kier alpha value is -4.25. The van der Waals surface area contributed by atoms with Crippen molar-refractivity contribution in [1.29, 1.82) is 0 Å². The number of likely N-dealkylation sites (tertiary alicyclic amines) is 1. The molecule has 0 spiro atoms. The topological polar surface area (TPSA) is 148 Å². The summed E-state index contributed by atoms with van der Waals surface area (Å²) in [7, 11) is 3.42. The van der Waals surface area contributed by atoms with Gasteiger partial charge in [0.15, 0.2) is 11.6 Å². The average Bonchev–Trinajstić information content (AvgIpc) is 3.50. The van der Waals surface area contributed by atoms with Gasteiger partial charge < -0.3 is 25.6 Å². The summed E-state index contributed by atoms with van der Waals surface area (Å²) < 4.78 is 6.97. The van der Waals surface area contributed by atoms with E-state index < -0.39 is 11.5 Å². The lowest BCUT2D eigenvalue weighted by molar-refractivity contribution is -0.144. The number of rotatable bonds is 5. The molecular formula is C22H22N8O3. The lowest BCUT2D eigenvalue weighted by atomic mass is 9.98. The molecule has 1 aliphatic heterocycles. The highest BCUT2D eigenvalue weighted by Crippen LogP contribution is 2.35. The van der Waals surface area contributed by atoms with E-state index in [2.05, 4.69) is 25.5 Å². The number of nitrogen functional groups attached to an aromatic ring is 1. The number of benzene rings is 1. The molecular weight excluding hydrogens is 424 g/mol. The summed E-state index contributed by atoms with van der Waals surface area (Å²) in [4.78, 5) is 22.7. The molecule has 4 aromatic rings. The van der Waals surface area contributed by atoms with Crippen molar-refractivity contribution in [3.63, 3.8) is 0 Å². The number of aliphatic hydroxyl groups is 1. The average molecular weight is 446 g/mol. The number of amides is 1. The van der Waals surface area contributed by atoms with Gasteiger partial charge in [0, 0.05) is 50.5 Å². The molecule has 33 heavy (non-hydrogen) atoms. The maximum absolute atomic E-state index is 12.4. The quantitative estimate of drug-likeness (QED) is 0.418. The van der Waals surface area contributed by atoms with Crippen LogP contribution >= 0.6 is 0 Å². The van der Waals surface area contributed by atoms with E-state index >= 15 is 0 Å². The summed E-state index contributed by atoms with van der Waals surface area (Å²) in [5.41, 5.74) is 7.61. The maximum Gasteiger partial charge on any atom is 0.262 e. The molecule has 11 nitrogen and oxygen atoms in total. The van der Waals surface area contributed by atoms with Crippen LogP contribution in [0.3, 0.4) is 0 Å². The predicted octanol–water partition coefficient (Wildman–Crippen LogP) is 1.91. The van der Waals surface area contributed by atoms with Gasteiger partial charge in [-0.2, -0.15) is 5.10 Å². The number of nitrogens with zero attached hydrogens (tertiary/aromatic N) is 6. The Balaban J connectivity index is 1.42. The highest BCUT2D eigenvalue weighted by molar-refractivity contribution is 5.87. The second-order valence-corrected chi connectivity index (χ2v) is 7.99. The van der Waals surface area contributed by atoms with E-state index in [1.165, 1.54) is 4.90 Å². The third-order valence-corrected chi connectivity index (χ3v) is 5.64. The first-order chi connectivity index (χ1) is 15.8. The molecule has 11 heteroatoms. The SMILES string of the molecule is CN1CC[C@@](O)(c2cc(-c3cccc(-c4ccnc(Nc5cn(C)nc5N)n4)c3)no2)C1=O. The second kappa shape index (κ2) is 7.71. The smallest absolute Gasteiger partial charge is 0.262 e. The summed E-state index contributed by atoms with van der Waals surface area (Å²) in [5, 5.41) is 22.1. The first kappa shape index (κ1) is 20.6. The van der Waals surface area contributed by atoms with Crippen LogP contribution in [0.15, 0.2) is 53.3 Å². The number of hydrogen-bond donors (Lipinski definition) is 3. The van der Waals surface area contributed by atoms with Gasteiger partial charge in [0.05, 0.1) is 11.9 Å². The van der Waals surface area contributed by atoms with Gasteiger partial charge >= 0.3 is 0 Å². The van der Waals surface area contributed by atoms with Crippen molar-refractivity contribution >= 4 is 23.4 Å². The first-order valence-electron chi connectivity index (χ1n) is 10.3. The number of hydrogen-bond acceptors (Lipinski definition) is 9. The molecule has 0 unspecified atom stereocenters. The number of nitrogens with two attached hydrogens (primary N) is 1. The molecule has 0 radical (unpaired) electrons. The minimum Gasteiger partial charge on any atom is -0.380 e. The summed E-state index contributed by atoms with van der Waals surface area (Å²) in [6, 6.07) is 11.0. The zero-order valence-electron chi connectivity index (χ0n) is 18.1. The molecule has 1 saturated heterocycles. The maximum atomic E-state index is 12.4. The summed E-state index contributed by atoms with van der Waals surface area (Å²) in [5.74, 6) is 0.477. The van der Waals surface area contributed by atoms with Crippen LogP contribution in [0.2, 0.25) is 0 Å². The number of aromatic nitrogens is 5. The van der Waals surface area contributed by atoms with E-state index in [-0.39, 0.29) is 12.2 Å². The molecule has 1 atom stereocenters. The van der Waals surface area contributed by atoms with Gasteiger partial charge in [-0.3, -0.25) is 9.48 Å². The molecule has 1 aromatic carbocycles. The lowest BCUT2D eigenvalue weighted by Crippen LogP contribution is -2.35. The monoisotopic (exact) mass is 446 g/mol. The molecule has 5 rings (SSSR count). The van der Waals surface area contributed by atoms with Crippen LogP contribution in [0, 0.1) is 0 Å². The highest BCUT2D eigenvalue weighted by atomic mass is 16.5. The van der Waals surface area contributed by atoms with Crippen molar-refractivity contribution in [2.75, 3.05) is 24.6 Å². The largest absolute Gasteiger partial charge is 0.380 e. The molecule has 4 N–H and O–H groups in total. The molecule has 4 heterocycles. The van der Waals surface area contributed by atoms with E-state index in [9.17, 15) is 9.90 Å². The fourth-order valence-corrected chi connectivity index (χ4v) is 3.83. The van der Waals surface area contributed by atoms with Gasteiger partial charge in [-0.15, -0.1) is 0 Å². The molecule has 0 aliphatic carbocycles. The number of aryl methyl sites for hydroxylation is 1. The van der Waals surface area contributed by atoms with Gasteiger partial charge in [-0.1, -0.05) is 23.4 Å². The second-order valence-electron chi connectivity index (χ2n) is 7.99. The van der Waals surface area contributed by atoms with E-state index in [0.717, 1.165) is 11.1 Å². The Labute approximate surface area is 188 Å². The summed E-state index contributed by atoms with van der Waals surface area (Å²) in [6.07, 6.45) is 3.65. The summed E-state index contributed by atoms with van der Waals surface area (Å²) in [6.45, 7) is 0.454. The number of likely N-dealkylation sites (N-methyl/N-ethyl adjacent to an activating group) is 1. The van der Waals surface area contributed by atoms with Gasteiger partial charge in [0.1, 0.15) is 11.4 Å². The normalized spacial score (nSPS) is 18.2. The molecule has 1 aliphatic rings. The van der Waals surface area contributed by atoms with Gasteiger partial charge in [-0.05, 0) is 12.1 Å². The van der Waals surface area contributed by atoms with Crippen LogP contribution < -0.4 is 11.1 Å². The zero-order chi connectivity index (χ0) is 23.2. The number of carbonyl (C=O) groups is 1. The Kier molecular flexibility index (Phi) is 4.82. The molecule has 3 aromatic heterocycles. The van der Waals surface area contributed by atoms with Crippen molar-refractivity contribution in [3.05, 3.63) is 54.6 Å². The van der Waals surface area contributed by atoms with Crippen LogP contribution in [-0.2, 0) is 17.4 Å². The van der Waals surface area contributed by atoms with Crippen LogP contribution in [0.5, 0.6) is 0 Å². The van der Waals surface area contributed by atoms with E-state index in [0.29, 0.717) is 35.4 Å².